The molecule has 3 nitrogen and oxygen atoms in total. The van der Waals surface area contributed by atoms with Crippen LogP contribution < -0.4 is 11.1 Å². The van der Waals surface area contributed by atoms with Gasteiger partial charge in [0.1, 0.15) is 0 Å². The van der Waals surface area contributed by atoms with Gasteiger partial charge in [0, 0.05) is 23.0 Å². The Bertz CT molecular complexity index is 415. The number of carbonyl (C=O) groups is 1. The summed E-state index contributed by atoms with van der Waals surface area (Å²) in [5.74, 6) is 0.708. The largest absolute Gasteiger partial charge is 0.398 e. The van der Waals surface area contributed by atoms with Crippen LogP contribution in [0.15, 0.2) is 18.2 Å². The van der Waals surface area contributed by atoms with Crippen LogP contribution in [0.4, 0.5) is 11.4 Å². The molecule has 0 saturated heterocycles. The van der Waals surface area contributed by atoms with Crippen molar-refractivity contribution in [2.24, 2.45) is 5.92 Å². The van der Waals surface area contributed by atoms with Crippen molar-refractivity contribution in [3.63, 3.8) is 0 Å². The zero-order chi connectivity index (χ0) is 13.7. The molecule has 0 saturated carbocycles. The third-order valence-electron chi connectivity index (χ3n) is 3.30. The molecule has 1 aromatic carbocycles. The summed E-state index contributed by atoms with van der Waals surface area (Å²) in [6.45, 7) is 8.16. The number of nitrogens with two attached hydrogens (primary N) is 1. The van der Waals surface area contributed by atoms with Crippen molar-refractivity contribution in [1.29, 1.82) is 0 Å². The minimum atomic E-state index is 0.00530. The average Bonchev–Trinajstić information content (AvgIpc) is 2.31. The number of hydrogen-bond donors (Lipinski definition) is 2. The van der Waals surface area contributed by atoms with Gasteiger partial charge >= 0.3 is 0 Å². The lowest BCUT2D eigenvalue weighted by molar-refractivity contribution is 0.101. The maximum absolute atomic E-state index is 11.4. The first-order valence-electron chi connectivity index (χ1n) is 6.61. The van der Waals surface area contributed by atoms with E-state index in [1.807, 2.05) is 12.1 Å². The SMILES string of the molecule is CCC(C)CC(C)Nc1ccc(N)c(C(C)=O)c1. The van der Waals surface area contributed by atoms with Crippen LogP contribution in [0.5, 0.6) is 0 Å². The van der Waals surface area contributed by atoms with Crippen LogP contribution in [0.3, 0.4) is 0 Å². The summed E-state index contributed by atoms with van der Waals surface area (Å²) in [6.07, 6.45) is 2.31. The number of ketones is 1. The highest BCUT2D eigenvalue weighted by molar-refractivity contribution is 6.00. The monoisotopic (exact) mass is 248 g/mol. The summed E-state index contributed by atoms with van der Waals surface area (Å²) in [5.41, 5.74) is 7.88. The van der Waals surface area contributed by atoms with Crippen LogP contribution in [-0.2, 0) is 0 Å². The van der Waals surface area contributed by atoms with Crippen molar-refractivity contribution in [1.82, 2.24) is 0 Å². The summed E-state index contributed by atoms with van der Waals surface area (Å²) in [6, 6.07) is 5.94. The number of carbonyl (C=O) groups excluding carboxylic acids is 1. The molecular weight excluding hydrogens is 224 g/mol. The van der Waals surface area contributed by atoms with Crippen molar-refractivity contribution >= 4 is 17.2 Å². The fourth-order valence-corrected chi connectivity index (χ4v) is 2.06. The van der Waals surface area contributed by atoms with Gasteiger partial charge in [-0.05, 0) is 44.4 Å². The standard InChI is InChI=1S/C15H24N2O/c1-5-10(2)8-11(3)17-13-6-7-15(16)14(9-13)12(4)18/h6-7,9-11,17H,5,8,16H2,1-4H3. The number of rotatable bonds is 6. The number of nitrogens with one attached hydrogen (secondary N) is 1. The summed E-state index contributed by atoms with van der Waals surface area (Å²) in [5, 5.41) is 3.42. The Morgan fingerprint density at radius 1 is 1.39 bits per heavy atom. The molecule has 0 aromatic heterocycles. The first-order valence-corrected chi connectivity index (χ1v) is 6.61. The molecule has 0 radical (unpaired) electrons. The number of benzene rings is 1. The molecule has 0 spiro atoms. The molecule has 2 atom stereocenters. The predicted octanol–water partition coefficient (Wildman–Crippen LogP) is 3.71. The van der Waals surface area contributed by atoms with Crippen molar-refractivity contribution < 1.29 is 4.79 Å². The van der Waals surface area contributed by atoms with Crippen LogP contribution in [0.2, 0.25) is 0 Å². The number of anilines is 2. The van der Waals surface area contributed by atoms with E-state index in [9.17, 15) is 4.79 Å². The Hall–Kier alpha value is -1.51. The Morgan fingerprint density at radius 3 is 2.61 bits per heavy atom. The summed E-state index contributed by atoms with van der Waals surface area (Å²) in [4.78, 5) is 11.4. The fraction of sp³-hybridized carbons (Fsp3) is 0.533. The zero-order valence-electron chi connectivity index (χ0n) is 11.8. The molecule has 0 bridgehead atoms. The van der Waals surface area contributed by atoms with Crippen molar-refractivity contribution in [2.75, 3.05) is 11.1 Å². The molecule has 0 aliphatic heterocycles. The lowest BCUT2D eigenvalue weighted by Crippen LogP contribution is -2.18. The molecule has 0 heterocycles. The Balaban J connectivity index is 2.73. The zero-order valence-corrected chi connectivity index (χ0v) is 11.8. The number of nitrogen functional groups attached to an aromatic ring is 1. The molecule has 100 valence electrons. The van der Waals surface area contributed by atoms with Crippen molar-refractivity contribution in [3.8, 4) is 0 Å². The third-order valence-corrected chi connectivity index (χ3v) is 3.30. The lowest BCUT2D eigenvalue weighted by Gasteiger charge is -2.19. The second-order valence-electron chi connectivity index (χ2n) is 5.15. The minimum absolute atomic E-state index is 0.00530. The van der Waals surface area contributed by atoms with Crippen molar-refractivity contribution in [3.05, 3.63) is 23.8 Å². The van der Waals surface area contributed by atoms with Gasteiger partial charge in [-0.15, -0.1) is 0 Å². The van der Waals surface area contributed by atoms with E-state index in [1.165, 1.54) is 13.3 Å². The smallest absolute Gasteiger partial charge is 0.161 e. The van der Waals surface area contributed by atoms with Crippen molar-refractivity contribution in [2.45, 2.75) is 46.6 Å². The first kappa shape index (κ1) is 14.6. The molecule has 1 rings (SSSR count). The van der Waals surface area contributed by atoms with E-state index in [0.29, 0.717) is 23.2 Å². The van der Waals surface area contributed by atoms with Gasteiger partial charge in [0.2, 0.25) is 0 Å². The van der Waals surface area contributed by atoms with E-state index < -0.39 is 0 Å². The topological polar surface area (TPSA) is 55.1 Å². The molecule has 1 aromatic rings. The summed E-state index contributed by atoms with van der Waals surface area (Å²) in [7, 11) is 0. The predicted molar refractivity (Wildman–Crippen MR) is 78.0 cm³/mol. The van der Waals surface area contributed by atoms with E-state index >= 15 is 0 Å². The van der Waals surface area contributed by atoms with E-state index in [0.717, 1.165) is 12.1 Å². The molecular formula is C15H24N2O. The van der Waals surface area contributed by atoms with Gasteiger partial charge in [-0.2, -0.15) is 0 Å². The highest BCUT2D eigenvalue weighted by Gasteiger charge is 2.09. The quantitative estimate of drug-likeness (QED) is 0.596. The molecule has 0 aliphatic carbocycles. The van der Waals surface area contributed by atoms with E-state index in [2.05, 4.69) is 26.1 Å². The fourth-order valence-electron chi connectivity index (χ4n) is 2.06. The summed E-state index contributed by atoms with van der Waals surface area (Å²) >= 11 is 0. The van der Waals surface area contributed by atoms with E-state index in [1.54, 1.807) is 6.07 Å². The van der Waals surface area contributed by atoms with Crippen LogP contribution >= 0.6 is 0 Å². The maximum Gasteiger partial charge on any atom is 0.161 e. The lowest BCUT2D eigenvalue weighted by atomic mass is 10.00. The number of hydrogen-bond acceptors (Lipinski definition) is 3. The average molecular weight is 248 g/mol. The van der Waals surface area contributed by atoms with E-state index in [-0.39, 0.29) is 5.78 Å². The molecule has 0 amide bonds. The molecule has 0 aliphatic rings. The molecule has 2 unspecified atom stereocenters. The Morgan fingerprint density at radius 2 is 2.06 bits per heavy atom. The Labute approximate surface area is 110 Å². The van der Waals surface area contributed by atoms with Gasteiger partial charge in [-0.3, -0.25) is 4.79 Å². The molecule has 0 fully saturated rings. The Kier molecular flexibility index (Phi) is 5.20. The van der Waals surface area contributed by atoms with E-state index in [4.69, 9.17) is 5.73 Å². The summed E-state index contributed by atoms with van der Waals surface area (Å²) < 4.78 is 0. The second kappa shape index (κ2) is 6.43. The molecule has 3 N–H and O–H groups in total. The van der Waals surface area contributed by atoms with Gasteiger partial charge in [0.05, 0.1) is 0 Å². The highest BCUT2D eigenvalue weighted by atomic mass is 16.1. The second-order valence-corrected chi connectivity index (χ2v) is 5.15. The van der Waals surface area contributed by atoms with Gasteiger partial charge in [-0.1, -0.05) is 20.3 Å². The minimum Gasteiger partial charge on any atom is -0.398 e. The number of Topliss-reactive ketones (excluding diaryl/α,β-unsaturated/α-hetero) is 1. The molecule has 18 heavy (non-hydrogen) atoms. The van der Waals surface area contributed by atoms with Gasteiger partial charge in [-0.25, -0.2) is 0 Å². The first-order chi connectivity index (χ1) is 8.43. The van der Waals surface area contributed by atoms with Gasteiger partial charge < -0.3 is 11.1 Å². The molecule has 3 heteroatoms. The van der Waals surface area contributed by atoms with Crippen LogP contribution in [0.1, 0.15) is 50.9 Å². The normalized spacial score (nSPS) is 14.0. The van der Waals surface area contributed by atoms with Crippen LogP contribution in [0, 0.1) is 5.92 Å². The van der Waals surface area contributed by atoms with Gasteiger partial charge in [0.25, 0.3) is 0 Å². The maximum atomic E-state index is 11.4. The third kappa shape index (κ3) is 4.06. The highest BCUT2D eigenvalue weighted by Crippen LogP contribution is 2.20. The van der Waals surface area contributed by atoms with Gasteiger partial charge in [0.15, 0.2) is 5.78 Å². The van der Waals surface area contributed by atoms with Crippen LogP contribution in [0.25, 0.3) is 0 Å². The van der Waals surface area contributed by atoms with Crippen LogP contribution in [-0.4, -0.2) is 11.8 Å².